The number of thiophene rings is 1. The van der Waals surface area contributed by atoms with E-state index in [4.69, 9.17) is 4.74 Å². The SMILES string of the molecule is CSC(C)C(=O)Nc1sc2c(c1C(=O)OC(C)C)CCC(C)C2. The molecule has 2 atom stereocenters. The van der Waals surface area contributed by atoms with Crippen LogP contribution in [-0.4, -0.2) is 29.5 Å². The number of hydrogen-bond acceptors (Lipinski definition) is 5. The highest BCUT2D eigenvalue weighted by molar-refractivity contribution is 7.99. The van der Waals surface area contributed by atoms with Gasteiger partial charge in [0, 0.05) is 4.88 Å². The first-order valence-corrected chi connectivity index (χ1v) is 10.1. The first-order valence-electron chi connectivity index (χ1n) is 8.02. The topological polar surface area (TPSA) is 55.4 Å². The Balaban J connectivity index is 2.36. The van der Waals surface area contributed by atoms with E-state index in [1.807, 2.05) is 27.0 Å². The molecule has 2 unspecified atom stereocenters. The van der Waals surface area contributed by atoms with Crippen molar-refractivity contribution < 1.29 is 14.3 Å². The number of esters is 1. The maximum Gasteiger partial charge on any atom is 0.341 e. The van der Waals surface area contributed by atoms with Gasteiger partial charge in [-0.2, -0.15) is 11.8 Å². The maximum atomic E-state index is 12.5. The fourth-order valence-corrected chi connectivity index (χ4v) is 4.32. The highest BCUT2D eigenvalue weighted by atomic mass is 32.2. The lowest BCUT2D eigenvalue weighted by molar-refractivity contribution is -0.115. The highest BCUT2D eigenvalue weighted by Gasteiger charge is 2.30. The van der Waals surface area contributed by atoms with Gasteiger partial charge in [-0.3, -0.25) is 4.79 Å². The second-order valence-electron chi connectivity index (χ2n) is 6.38. The Morgan fingerprint density at radius 3 is 2.65 bits per heavy atom. The molecule has 0 saturated carbocycles. The van der Waals surface area contributed by atoms with E-state index in [-0.39, 0.29) is 23.2 Å². The van der Waals surface area contributed by atoms with Crippen molar-refractivity contribution in [3.63, 3.8) is 0 Å². The van der Waals surface area contributed by atoms with Crippen molar-refractivity contribution in [2.75, 3.05) is 11.6 Å². The molecule has 0 fully saturated rings. The summed E-state index contributed by atoms with van der Waals surface area (Å²) in [4.78, 5) is 26.0. The van der Waals surface area contributed by atoms with Crippen molar-refractivity contribution in [1.29, 1.82) is 0 Å². The van der Waals surface area contributed by atoms with Gasteiger partial charge in [0.05, 0.1) is 16.9 Å². The van der Waals surface area contributed by atoms with Crippen molar-refractivity contribution in [2.45, 2.75) is 58.3 Å². The Kier molecular flexibility index (Phi) is 6.14. The standard InChI is InChI=1S/C17H25NO3S2/c1-9(2)21-17(20)14-12-7-6-10(3)8-13(12)23-16(14)18-15(19)11(4)22-5/h9-11H,6-8H2,1-5H3,(H,18,19). The molecule has 1 N–H and O–H groups in total. The van der Waals surface area contributed by atoms with Gasteiger partial charge < -0.3 is 10.1 Å². The molecule has 128 valence electrons. The average molecular weight is 356 g/mol. The smallest absolute Gasteiger partial charge is 0.341 e. The summed E-state index contributed by atoms with van der Waals surface area (Å²) in [5.41, 5.74) is 1.65. The summed E-state index contributed by atoms with van der Waals surface area (Å²) in [6.07, 6.45) is 4.65. The third-order valence-electron chi connectivity index (χ3n) is 4.02. The first-order chi connectivity index (χ1) is 10.8. The van der Waals surface area contributed by atoms with Gasteiger partial charge in [-0.1, -0.05) is 6.92 Å². The molecule has 1 aromatic rings. The molecular formula is C17H25NO3S2. The predicted molar refractivity (Wildman–Crippen MR) is 97.7 cm³/mol. The Morgan fingerprint density at radius 1 is 1.35 bits per heavy atom. The maximum absolute atomic E-state index is 12.5. The van der Waals surface area contributed by atoms with Crippen LogP contribution in [0, 0.1) is 5.92 Å². The number of fused-ring (bicyclic) bond motifs is 1. The number of carbonyl (C=O) groups excluding carboxylic acids is 2. The quantitative estimate of drug-likeness (QED) is 0.807. The largest absolute Gasteiger partial charge is 0.459 e. The van der Waals surface area contributed by atoms with Crippen LogP contribution in [0.1, 0.15) is 54.9 Å². The van der Waals surface area contributed by atoms with Gasteiger partial charge in [-0.05, 0) is 57.8 Å². The molecule has 4 nitrogen and oxygen atoms in total. The fraction of sp³-hybridized carbons (Fsp3) is 0.647. The van der Waals surface area contributed by atoms with Crippen LogP contribution >= 0.6 is 23.1 Å². The predicted octanol–water partition coefficient (Wildman–Crippen LogP) is 4.13. The van der Waals surface area contributed by atoms with Crippen LogP contribution in [0.2, 0.25) is 0 Å². The lowest BCUT2D eigenvalue weighted by Gasteiger charge is -2.19. The van der Waals surface area contributed by atoms with E-state index in [2.05, 4.69) is 12.2 Å². The zero-order valence-electron chi connectivity index (χ0n) is 14.4. The fourth-order valence-electron chi connectivity index (χ4n) is 2.65. The highest BCUT2D eigenvalue weighted by Crippen LogP contribution is 2.40. The van der Waals surface area contributed by atoms with Crippen LogP contribution in [0.15, 0.2) is 0 Å². The van der Waals surface area contributed by atoms with E-state index in [9.17, 15) is 9.59 Å². The van der Waals surface area contributed by atoms with Crippen LogP contribution in [0.4, 0.5) is 5.00 Å². The molecule has 0 aromatic carbocycles. The van der Waals surface area contributed by atoms with Gasteiger partial charge in [0.1, 0.15) is 5.00 Å². The molecule has 1 aliphatic carbocycles. The normalized spacial score (nSPS) is 18.4. The molecule has 0 spiro atoms. The first kappa shape index (κ1) is 18.3. The van der Waals surface area contributed by atoms with Crippen LogP contribution in [0.3, 0.4) is 0 Å². The number of rotatable bonds is 5. The summed E-state index contributed by atoms with van der Waals surface area (Å²) in [7, 11) is 0. The molecule has 0 radical (unpaired) electrons. The Morgan fingerprint density at radius 2 is 2.04 bits per heavy atom. The van der Waals surface area contributed by atoms with E-state index >= 15 is 0 Å². The van der Waals surface area contributed by atoms with Crippen molar-refractivity contribution in [3.8, 4) is 0 Å². The molecule has 0 aliphatic heterocycles. The lowest BCUT2D eigenvalue weighted by atomic mass is 9.88. The van der Waals surface area contributed by atoms with Gasteiger partial charge in [0.2, 0.25) is 5.91 Å². The van der Waals surface area contributed by atoms with E-state index in [1.54, 1.807) is 0 Å². The van der Waals surface area contributed by atoms with Crippen LogP contribution in [0.25, 0.3) is 0 Å². The number of carbonyl (C=O) groups is 2. The van der Waals surface area contributed by atoms with Gasteiger partial charge >= 0.3 is 5.97 Å². The molecule has 2 rings (SSSR count). The van der Waals surface area contributed by atoms with E-state index in [0.717, 1.165) is 24.8 Å². The Hall–Kier alpha value is -1.01. The summed E-state index contributed by atoms with van der Waals surface area (Å²) in [5.74, 6) is 0.227. The molecule has 0 saturated heterocycles. The number of nitrogens with one attached hydrogen (secondary N) is 1. The molecule has 1 heterocycles. The van der Waals surface area contributed by atoms with Crippen LogP contribution in [0.5, 0.6) is 0 Å². The average Bonchev–Trinajstić information content (AvgIpc) is 2.82. The number of amides is 1. The van der Waals surface area contributed by atoms with Crippen molar-refractivity contribution in [2.24, 2.45) is 5.92 Å². The number of thioether (sulfide) groups is 1. The molecule has 1 amide bonds. The summed E-state index contributed by atoms with van der Waals surface area (Å²) in [6.45, 7) is 7.77. The van der Waals surface area contributed by atoms with Crippen LogP contribution in [-0.2, 0) is 22.4 Å². The summed E-state index contributed by atoms with van der Waals surface area (Å²) in [6, 6.07) is 0. The second-order valence-corrected chi connectivity index (χ2v) is 8.66. The molecule has 23 heavy (non-hydrogen) atoms. The summed E-state index contributed by atoms with van der Waals surface area (Å²) < 4.78 is 5.41. The molecule has 6 heteroatoms. The number of ether oxygens (including phenoxy) is 1. The van der Waals surface area contributed by atoms with Gasteiger partial charge in [-0.15, -0.1) is 11.3 Å². The minimum absolute atomic E-state index is 0.0669. The zero-order valence-corrected chi connectivity index (χ0v) is 16.0. The summed E-state index contributed by atoms with van der Waals surface area (Å²) >= 11 is 3.02. The van der Waals surface area contributed by atoms with Crippen molar-refractivity contribution in [3.05, 3.63) is 16.0 Å². The summed E-state index contributed by atoms with van der Waals surface area (Å²) in [5, 5.41) is 3.45. The van der Waals surface area contributed by atoms with Gasteiger partial charge in [0.25, 0.3) is 0 Å². The monoisotopic (exact) mass is 355 g/mol. The number of anilines is 1. The minimum Gasteiger partial charge on any atom is -0.459 e. The zero-order chi connectivity index (χ0) is 17.1. The lowest BCUT2D eigenvalue weighted by Crippen LogP contribution is -2.23. The van der Waals surface area contributed by atoms with E-state index in [0.29, 0.717) is 16.5 Å². The Bertz CT molecular complexity index is 595. The minimum atomic E-state index is -0.320. The third kappa shape index (κ3) is 4.29. The number of hydrogen-bond donors (Lipinski definition) is 1. The Labute approximate surface area is 146 Å². The van der Waals surface area contributed by atoms with Gasteiger partial charge in [-0.25, -0.2) is 4.79 Å². The van der Waals surface area contributed by atoms with Gasteiger partial charge in [0.15, 0.2) is 0 Å². The second kappa shape index (κ2) is 7.71. The molecule has 0 bridgehead atoms. The molecule has 1 aliphatic rings. The molecular weight excluding hydrogens is 330 g/mol. The third-order valence-corrected chi connectivity index (χ3v) is 6.11. The molecule has 1 aromatic heterocycles. The van der Waals surface area contributed by atoms with Crippen molar-refractivity contribution >= 4 is 40.0 Å². The van der Waals surface area contributed by atoms with Crippen LogP contribution < -0.4 is 5.32 Å². The van der Waals surface area contributed by atoms with Crippen molar-refractivity contribution in [1.82, 2.24) is 0 Å². The van der Waals surface area contributed by atoms with E-state index in [1.165, 1.54) is 28.0 Å². The van der Waals surface area contributed by atoms with E-state index < -0.39 is 0 Å².